The molecular weight excluding hydrogens is 352 g/mol. The van der Waals surface area contributed by atoms with E-state index in [0.717, 1.165) is 12.8 Å². The average molecular weight is 385 g/mol. The molecule has 0 aliphatic carbocycles. The van der Waals surface area contributed by atoms with Gasteiger partial charge >= 0.3 is 0 Å². The summed E-state index contributed by atoms with van der Waals surface area (Å²) in [6.45, 7) is 5.99. The highest BCUT2D eigenvalue weighted by molar-refractivity contribution is 5.74. The van der Waals surface area contributed by atoms with Gasteiger partial charge in [0.1, 0.15) is 0 Å². The van der Waals surface area contributed by atoms with Gasteiger partial charge in [-0.3, -0.25) is 0 Å². The lowest BCUT2D eigenvalue weighted by Crippen LogP contribution is -2.48. The first-order valence-corrected chi connectivity index (χ1v) is 9.68. The molecule has 0 spiro atoms. The van der Waals surface area contributed by atoms with Gasteiger partial charge in [-0.2, -0.15) is 0 Å². The molecule has 1 heterocycles. The third kappa shape index (κ3) is 8.11. The SMILES string of the molecule is COC1=NCCC(OC(C)(C)O)C(Cc2ccccc2)N1.Cc1ccccc1. The zero-order valence-electron chi connectivity index (χ0n) is 17.3. The fourth-order valence-electron chi connectivity index (χ4n) is 3.01. The first kappa shape index (κ1) is 21.9. The van der Waals surface area contributed by atoms with Crippen LogP contribution in [-0.4, -0.2) is 42.7 Å². The molecule has 0 bridgehead atoms. The zero-order valence-corrected chi connectivity index (χ0v) is 17.3. The van der Waals surface area contributed by atoms with Crippen molar-refractivity contribution in [3.05, 3.63) is 71.8 Å². The molecule has 2 aromatic carbocycles. The smallest absolute Gasteiger partial charge is 0.284 e. The van der Waals surface area contributed by atoms with Crippen molar-refractivity contribution in [2.24, 2.45) is 4.99 Å². The third-order valence-electron chi connectivity index (χ3n) is 4.30. The molecule has 2 N–H and O–H groups in total. The maximum Gasteiger partial charge on any atom is 0.284 e. The van der Waals surface area contributed by atoms with Gasteiger partial charge in [0.25, 0.3) is 6.02 Å². The maximum absolute atomic E-state index is 9.95. The minimum absolute atomic E-state index is 0.0000231. The molecule has 1 aliphatic rings. The molecule has 2 atom stereocenters. The Morgan fingerprint density at radius 3 is 2.18 bits per heavy atom. The molecule has 0 amide bonds. The molecule has 2 aromatic rings. The van der Waals surface area contributed by atoms with Crippen LogP contribution in [0.3, 0.4) is 0 Å². The number of rotatable bonds is 4. The van der Waals surface area contributed by atoms with Crippen LogP contribution < -0.4 is 5.32 Å². The number of methoxy groups -OCH3 is 1. The van der Waals surface area contributed by atoms with Crippen molar-refractivity contribution in [2.75, 3.05) is 13.7 Å². The molecule has 0 saturated carbocycles. The number of nitrogens with zero attached hydrogens (tertiary/aromatic N) is 1. The van der Waals surface area contributed by atoms with E-state index in [1.54, 1.807) is 21.0 Å². The van der Waals surface area contributed by atoms with Gasteiger partial charge in [0.15, 0.2) is 5.79 Å². The summed E-state index contributed by atoms with van der Waals surface area (Å²) >= 11 is 0. The molecule has 1 aliphatic heterocycles. The van der Waals surface area contributed by atoms with Crippen LogP contribution in [0.2, 0.25) is 0 Å². The molecular formula is C23H32N2O3. The quantitative estimate of drug-likeness (QED) is 0.789. The van der Waals surface area contributed by atoms with E-state index in [-0.39, 0.29) is 12.1 Å². The third-order valence-corrected chi connectivity index (χ3v) is 4.30. The van der Waals surface area contributed by atoms with Crippen LogP contribution in [0.25, 0.3) is 0 Å². The Bertz CT molecular complexity index is 712. The summed E-state index contributed by atoms with van der Waals surface area (Å²) in [4.78, 5) is 4.34. The molecule has 5 nitrogen and oxygen atoms in total. The van der Waals surface area contributed by atoms with E-state index in [9.17, 15) is 5.11 Å². The number of hydrogen-bond donors (Lipinski definition) is 2. The molecule has 0 aromatic heterocycles. The molecule has 28 heavy (non-hydrogen) atoms. The molecule has 3 rings (SSSR count). The molecule has 0 saturated heterocycles. The first-order valence-electron chi connectivity index (χ1n) is 9.68. The lowest BCUT2D eigenvalue weighted by atomic mass is 9.99. The Hall–Kier alpha value is -2.37. The minimum atomic E-state index is -1.17. The van der Waals surface area contributed by atoms with Crippen LogP contribution in [0.5, 0.6) is 0 Å². The standard InChI is InChI=1S/C16H24N2O3.C7H8/c1-16(2,19)21-14-9-10-17-15(20-3)18-13(14)11-12-7-5-4-6-8-12;1-7-5-3-2-4-6-7/h4-8,13-14,19H,9-11H2,1-3H3,(H,17,18);2-6H,1H3. The Balaban J connectivity index is 0.000000336. The second kappa shape index (κ2) is 10.8. The number of benzene rings is 2. The largest absolute Gasteiger partial charge is 0.469 e. The van der Waals surface area contributed by atoms with Crippen LogP contribution >= 0.6 is 0 Å². The summed E-state index contributed by atoms with van der Waals surface area (Å²) in [5, 5.41) is 13.2. The minimum Gasteiger partial charge on any atom is -0.469 e. The normalized spacial score (nSPS) is 19.4. The number of aliphatic imine (C=N–C) groups is 1. The lowest BCUT2D eigenvalue weighted by molar-refractivity contribution is -0.211. The fraction of sp³-hybridized carbons (Fsp3) is 0.435. The summed E-state index contributed by atoms with van der Waals surface area (Å²) in [6, 6.07) is 21.0. The second-order valence-corrected chi connectivity index (χ2v) is 7.38. The fourth-order valence-corrected chi connectivity index (χ4v) is 3.01. The summed E-state index contributed by atoms with van der Waals surface area (Å²) < 4.78 is 11.0. The van der Waals surface area contributed by atoms with Gasteiger partial charge in [0, 0.05) is 6.54 Å². The topological polar surface area (TPSA) is 63.1 Å². The van der Waals surface area contributed by atoms with Gasteiger partial charge in [-0.1, -0.05) is 66.2 Å². The first-order chi connectivity index (χ1) is 13.4. The van der Waals surface area contributed by atoms with Gasteiger partial charge in [-0.25, -0.2) is 4.99 Å². The van der Waals surface area contributed by atoms with Crippen molar-refractivity contribution >= 4 is 6.02 Å². The second-order valence-electron chi connectivity index (χ2n) is 7.38. The van der Waals surface area contributed by atoms with Crippen LogP contribution in [0.4, 0.5) is 0 Å². The predicted octanol–water partition coefficient (Wildman–Crippen LogP) is 3.70. The van der Waals surface area contributed by atoms with E-state index in [4.69, 9.17) is 9.47 Å². The number of amidine groups is 1. The average Bonchev–Trinajstić information content (AvgIpc) is 2.84. The Morgan fingerprint density at radius 2 is 1.68 bits per heavy atom. The number of aliphatic hydroxyl groups is 1. The Morgan fingerprint density at radius 1 is 1.07 bits per heavy atom. The van der Waals surface area contributed by atoms with Crippen molar-refractivity contribution in [1.29, 1.82) is 0 Å². The van der Waals surface area contributed by atoms with E-state index in [0.29, 0.717) is 12.6 Å². The van der Waals surface area contributed by atoms with E-state index < -0.39 is 5.79 Å². The van der Waals surface area contributed by atoms with Crippen LogP contribution in [0, 0.1) is 6.92 Å². The summed E-state index contributed by atoms with van der Waals surface area (Å²) in [6.07, 6.45) is 1.38. The van der Waals surface area contributed by atoms with Crippen LogP contribution in [0.1, 0.15) is 31.4 Å². The van der Waals surface area contributed by atoms with Gasteiger partial charge in [-0.05, 0) is 39.2 Å². The number of ether oxygens (including phenoxy) is 2. The van der Waals surface area contributed by atoms with Gasteiger partial charge in [-0.15, -0.1) is 0 Å². The van der Waals surface area contributed by atoms with Crippen molar-refractivity contribution < 1.29 is 14.6 Å². The zero-order chi connectivity index (χ0) is 20.4. The summed E-state index contributed by atoms with van der Waals surface area (Å²) in [7, 11) is 1.60. The molecule has 0 radical (unpaired) electrons. The number of aryl methyl sites for hydroxylation is 1. The highest BCUT2D eigenvalue weighted by Gasteiger charge is 2.30. The molecule has 0 fully saturated rings. The van der Waals surface area contributed by atoms with Gasteiger partial charge < -0.3 is 19.9 Å². The van der Waals surface area contributed by atoms with E-state index in [2.05, 4.69) is 41.5 Å². The molecule has 5 heteroatoms. The van der Waals surface area contributed by atoms with E-state index >= 15 is 0 Å². The maximum atomic E-state index is 9.95. The highest BCUT2D eigenvalue weighted by atomic mass is 16.6. The van der Waals surface area contributed by atoms with E-state index in [1.165, 1.54) is 11.1 Å². The summed E-state index contributed by atoms with van der Waals surface area (Å²) in [5.41, 5.74) is 2.53. The van der Waals surface area contributed by atoms with Crippen molar-refractivity contribution in [3.8, 4) is 0 Å². The number of hydrogen-bond acceptors (Lipinski definition) is 5. The van der Waals surface area contributed by atoms with Crippen molar-refractivity contribution in [3.63, 3.8) is 0 Å². The molecule has 152 valence electrons. The van der Waals surface area contributed by atoms with E-state index in [1.807, 2.05) is 36.4 Å². The number of nitrogens with one attached hydrogen (secondary N) is 1. The summed E-state index contributed by atoms with van der Waals surface area (Å²) in [5.74, 6) is -1.17. The Labute approximate surface area is 168 Å². The van der Waals surface area contributed by atoms with Gasteiger partial charge in [0.05, 0.1) is 19.3 Å². The predicted molar refractivity (Wildman–Crippen MR) is 113 cm³/mol. The molecule has 2 unspecified atom stereocenters. The lowest BCUT2D eigenvalue weighted by Gasteiger charge is -2.31. The highest BCUT2D eigenvalue weighted by Crippen LogP contribution is 2.19. The van der Waals surface area contributed by atoms with Crippen LogP contribution in [-0.2, 0) is 15.9 Å². The monoisotopic (exact) mass is 384 g/mol. The van der Waals surface area contributed by atoms with Gasteiger partial charge in [0.2, 0.25) is 0 Å². The van der Waals surface area contributed by atoms with Crippen LogP contribution in [0.15, 0.2) is 65.7 Å². The van der Waals surface area contributed by atoms with Crippen molar-refractivity contribution in [2.45, 2.75) is 51.5 Å². The Kier molecular flexibility index (Phi) is 8.48. The van der Waals surface area contributed by atoms with Crippen molar-refractivity contribution in [1.82, 2.24) is 5.32 Å².